The van der Waals surface area contributed by atoms with Crippen molar-refractivity contribution in [2.24, 2.45) is 0 Å². The van der Waals surface area contributed by atoms with Crippen LogP contribution >= 0.6 is 34.2 Å². The highest BCUT2D eigenvalue weighted by Gasteiger charge is 2.13. The van der Waals surface area contributed by atoms with Gasteiger partial charge in [0.05, 0.1) is 24.8 Å². The number of halogens is 2. The highest BCUT2D eigenvalue weighted by atomic mass is 127. The molecular weight excluding hydrogens is 403 g/mol. The van der Waals surface area contributed by atoms with Crippen LogP contribution in [0.1, 0.15) is 17.5 Å². The summed E-state index contributed by atoms with van der Waals surface area (Å²) < 4.78 is 11.8. The Morgan fingerprint density at radius 2 is 2.19 bits per heavy atom. The number of rotatable bonds is 6. The summed E-state index contributed by atoms with van der Waals surface area (Å²) in [7, 11) is 1.60. The van der Waals surface area contributed by atoms with Crippen LogP contribution in [0.4, 0.5) is 0 Å². The monoisotopic (exact) mass is 416 g/mol. The Morgan fingerprint density at radius 3 is 2.81 bits per heavy atom. The number of ether oxygens (including phenoxy) is 2. The van der Waals surface area contributed by atoms with E-state index in [0.717, 1.165) is 27.3 Å². The van der Waals surface area contributed by atoms with Crippen LogP contribution in [0, 0.1) is 11.3 Å². The molecule has 0 spiro atoms. The molecule has 0 atom stereocenters. The zero-order valence-electron chi connectivity index (χ0n) is 11.5. The zero-order chi connectivity index (χ0) is 15.2. The maximum absolute atomic E-state index is 9.17. The molecule has 0 unspecified atom stereocenters. The van der Waals surface area contributed by atoms with Crippen molar-refractivity contribution in [1.82, 2.24) is 4.98 Å². The van der Waals surface area contributed by atoms with E-state index in [1.165, 1.54) is 0 Å². The lowest BCUT2D eigenvalue weighted by atomic mass is 10.1. The van der Waals surface area contributed by atoms with Crippen LogP contribution in [-0.4, -0.2) is 24.6 Å². The van der Waals surface area contributed by atoms with Crippen molar-refractivity contribution in [2.45, 2.75) is 10.8 Å². The quantitative estimate of drug-likeness (QED) is 0.405. The molecule has 2 rings (SSSR count). The SMILES string of the molecule is COc1cc2c(CI)c(C#N)cnc2cc1OCCCCl. The third-order valence-electron chi connectivity index (χ3n) is 3.05. The molecule has 21 heavy (non-hydrogen) atoms. The minimum atomic E-state index is 0.529. The molecular formula is C15H14ClIN2O2. The molecule has 0 aliphatic heterocycles. The summed E-state index contributed by atoms with van der Waals surface area (Å²) in [6.45, 7) is 0.529. The number of aromatic nitrogens is 1. The molecule has 0 bridgehead atoms. The van der Waals surface area contributed by atoms with Gasteiger partial charge in [0.25, 0.3) is 0 Å². The van der Waals surface area contributed by atoms with E-state index in [1.54, 1.807) is 13.3 Å². The molecule has 0 saturated heterocycles. The van der Waals surface area contributed by atoms with Crippen LogP contribution in [0.25, 0.3) is 10.9 Å². The van der Waals surface area contributed by atoms with Gasteiger partial charge >= 0.3 is 0 Å². The van der Waals surface area contributed by atoms with Crippen molar-refractivity contribution in [1.29, 1.82) is 5.26 Å². The average Bonchev–Trinajstić information content (AvgIpc) is 2.53. The number of pyridine rings is 1. The molecule has 2 aromatic rings. The van der Waals surface area contributed by atoms with Crippen LogP contribution in [0.15, 0.2) is 18.3 Å². The Morgan fingerprint density at radius 1 is 1.38 bits per heavy atom. The number of methoxy groups -OCH3 is 1. The topological polar surface area (TPSA) is 55.1 Å². The lowest BCUT2D eigenvalue weighted by Gasteiger charge is -2.13. The van der Waals surface area contributed by atoms with Crippen LogP contribution in [0.5, 0.6) is 11.5 Å². The molecule has 4 nitrogen and oxygen atoms in total. The molecule has 1 aromatic heterocycles. The summed E-state index contributed by atoms with van der Waals surface area (Å²) in [5, 5.41) is 10.1. The lowest BCUT2D eigenvalue weighted by Crippen LogP contribution is -2.01. The largest absolute Gasteiger partial charge is 0.493 e. The molecule has 0 aliphatic carbocycles. The van der Waals surface area contributed by atoms with E-state index in [1.807, 2.05) is 12.1 Å². The number of nitriles is 1. The van der Waals surface area contributed by atoms with Gasteiger partial charge in [-0.3, -0.25) is 4.98 Å². The van der Waals surface area contributed by atoms with Gasteiger partial charge < -0.3 is 9.47 Å². The number of hydrogen-bond donors (Lipinski definition) is 0. The highest BCUT2D eigenvalue weighted by molar-refractivity contribution is 14.1. The van der Waals surface area contributed by atoms with Gasteiger partial charge in [-0.1, -0.05) is 22.6 Å². The van der Waals surface area contributed by atoms with Gasteiger partial charge in [0.15, 0.2) is 11.5 Å². The van der Waals surface area contributed by atoms with Crippen molar-refractivity contribution in [3.63, 3.8) is 0 Å². The molecule has 0 amide bonds. The Labute approximate surface area is 142 Å². The molecule has 1 aromatic carbocycles. The highest BCUT2D eigenvalue weighted by Crippen LogP contribution is 2.34. The molecule has 0 saturated carbocycles. The summed E-state index contributed by atoms with van der Waals surface area (Å²) in [6, 6.07) is 5.91. The van der Waals surface area contributed by atoms with Crippen LogP contribution in [0.2, 0.25) is 0 Å². The van der Waals surface area contributed by atoms with Crippen LogP contribution < -0.4 is 9.47 Å². The summed E-state index contributed by atoms with van der Waals surface area (Å²) in [5.74, 6) is 1.84. The molecule has 110 valence electrons. The molecule has 1 heterocycles. The van der Waals surface area contributed by atoms with Crippen molar-refractivity contribution in [3.8, 4) is 17.6 Å². The zero-order valence-corrected chi connectivity index (χ0v) is 14.4. The summed E-state index contributed by atoms with van der Waals surface area (Å²) >= 11 is 7.90. The van der Waals surface area contributed by atoms with E-state index >= 15 is 0 Å². The predicted octanol–water partition coefficient (Wildman–Crippen LogP) is 4.06. The maximum Gasteiger partial charge on any atom is 0.163 e. The number of alkyl halides is 2. The average molecular weight is 417 g/mol. The van der Waals surface area contributed by atoms with E-state index in [2.05, 4.69) is 33.6 Å². The third-order valence-corrected chi connectivity index (χ3v) is 4.08. The van der Waals surface area contributed by atoms with E-state index in [9.17, 15) is 5.26 Å². The second-order valence-corrected chi connectivity index (χ2v) is 5.45. The Kier molecular flexibility index (Phi) is 5.88. The van der Waals surface area contributed by atoms with Gasteiger partial charge in [-0.15, -0.1) is 11.6 Å². The normalized spacial score (nSPS) is 10.4. The third kappa shape index (κ3) is 3.50. The van der Waals surface area contributed by atoms with E-state index < -0.39 is 0 Å². The first-order chi connectivity index (χ1) is 10.2. The second kappa shape index (κ2) is 7.66. The van der Waals surface area contributed by atoms with Gasteiger partial charge in [-0.05, 0) is 18.1 Å². The minimum Gasteiger partial charge on any atom is -0.493 e. The Hall–Kier alpha value is -1.26. The fraction of sp³-hybridized carbons (Fsp3) is 0.333. The molecule has 0 N–H and O–H groups in total. The first-order valence-electron chi connectivity index (χ1n) is 6.39. The fourth-order valence-electron chi connectivity index (χ4n) is 2.00. The summed E-state index contributed by atoms with van der Waals surface area (Å²) in [5.41, 5.74) is 2.35. The van der Waals surface area contributed by atoms with Crippen LogP contribution in [0.3, 0.4) is 0 Å². The van der Waals surface area contributed by atoms with E-state index in [0.29, 0.717) is 29.5 Å². The van der Waals surface area contributed by atoms with Gasteiger partial charge in [-0.25, -0.2) is 0 Å². The standard InChI is InChI=1S/C15H14ClIN2O2/c1-20-14-5-11-12(7-17)10(8-18)9-19-13(11)6-15(14)21-4-2-3-16/h5-6,9H,2-4,7H2,1H3. The second-order valence-electron chi connectivity index (χ2n) is 4.31. The lowest BCUT2D eigenvalue weighted by molar-refractivity contribution is 0.295. The fourth-order valence-corrected chi connectivity index (χ4v) is 2.94. The number of nitrogens with zero attached hydrogens (tertiary/aromatic N) is 2. The Balaban J connectivity index is 2.53. The smallest absolute Gasteiger partial charge is 0.163 e. The Bertz CT molecular complexity index is 685. The van der Waals surface area contributed by atoms with E-state index in [4.69, 9.17) is 21.1 Å². The van der Waals surface area contributed by atoms with Crippen molar-refractivity contribution >= 4 is 45.1 Å². The maximum atomic E-state index is 9.17. The predicted molar refractivity (Wildman–Crippen MR) is 91.6 cm³/mol. The summed E-state index contributed by atoms with van der Waals surface area (Å²) in [6.07, 6.45) is 2.37. The first-order valence-corrected chi connectivity index (χ1v) is 8.45. The minimum absolute atomic E-state index is 0.529. The van der Waals surface area contributed by atoms with E-state index in [-0.39, 0.29) is 0 Å². The van der Waals surface area contributed by atoms with Gasteiger partial charge in [0.2, 0.25) is 0 Å². The number of hydrogen-bond acceptors (Lipinski definition) is 4. The van der Waals surface area contributed by atoms with Crippen molar-refractivity contribution < 1.29 is 9.47 Å². The molecule has 0 aliphatic rings. The van der Waals surface area contributed by atoms with Gasteiger partial charge in [0.1, 0.15) is 6.07 Å². The molecule has 0 fully saturated rings. The van der Waals surface area contributed by atoms with Crippen LogP contribution in [-0.2, 0) is 4.43 Å². The van der Waals surface area contributed by atoms with Crippen molar-refractivity contribution in [2.75, 3.05) is 19.6 Å². The molecule has 0 radical (unpaired) electrons. The number of benzene rings is 1. The van der Waals surface area contributed by atoms with Gasteiger partial charge in [0, 0.05) is 28.0 Å². The first kappa shape index (κ1) is 16.1. The molecule has 6 heteroatoms. The van der Waals surface area contributed by atoms with Gasteiger partial charge in [-0.2, -0.15) is 5.26 Å². The van der Waals surface area contributed by atoms with Crippen molar-refractivity contribution in [3.05, 3.63) is 29.5 Å². The summed E-state index contributed by atoms with van der Waals surface area (Å²) in [4.78, 5) is 4.34. The number of fused-ring (bicyclic) bond motifs is 1.